The van der Waals surface area contributed by atoms with Gasteiger partial charge in [0.15, 0.2) is 11.5 Å². The highest BCUT2D eigenvalue weighted by atomic mass is 16.5. The molecule has 0 aliphatic rings. The average molecular weight is 359 g/mol. The lowest BCUT2D eigenvalue weighted by Crippen LogP contribution is -2.00. The Labute approximate surface area is 157 Å². The van der Waals surface area contributed by atoms with Gasteiger partial charge >= 0.3 is 0 Å². The van der Waals surface area contributed by atoms with Crippen LogP contribution in [0.2, 0.25) is 0 Å². The van der Waals surface area contributed by atoms with Gasteiger partial charge < -0.3 is 15.2 Å². The van der Waals surface area contributed by atoms with Crippen LogP contribution in [0.15, 0.2) is 60.7 Å². The summed E-state index contributed by atoms with van der Waals surface area (Å²) in [6, 6.07) is 19.5. The van der Waals surface area contributed by atoms with Crippen molar-refractivity contribution in [2.24, 2.45) is 0 Å². The van der Waals surface area contributed by atoms with E-state index in [9.17, 15) is 5.11 Å². The van der Waals surface area contributed by atoms with E-state index in [-0.39, 0.29) is 5.75 Å². The number of ether oxygens (including phenoxy) is 1. The van der Waals surface area contributed by atoms with Crippen LogP contribution in [0.25, 0.3) is 16.9 Å². The first kappa shape index (κ1) is 17.0. The second-order valence-corrected chi connectivity index (χ2v) is 6.50. The lowest BCUT2D eigenvalue weighted by Gasteiger charge is -2.13. The smallest absolute Gasteiger partial charge is 0.161 e. The highest BCUT2D eigenvalue weighted by Crippen LogP contribution is 2.36. The summed E-state index contributed by atoms with van der Waals surface area (Å²) in [5.74, 6) is 1.41. The van der Waals surface area contributed by atoms with Gasteiger partial charge in [-0.2, -0.15) is 0 Å². The molecular weight excluding hydrogens is 338 g/mol. The van der Waals surface area contributed by atoms with Gasteiger partial charge in [0.2, 0.25) is 0 Å². The fourth-order valence-electron chi connectivity index (χ4n) is 3.24. The normalized spacial score (nSPS) is 10.9. The number of hydrogen-bond acceptors (Lipinski definition) is 4. The largest absolute Gasteiger partial charge is 0.504 e. The summed E-state index contributed by atoms with van der Waals surface area (Å²) in [5.41, 5.74) is 5.76. The van der Waals surface area contributed by atoms with Crippen LogP contribution in [0.1, 0.15) is 11.3 Å². The van der Waals surface area contributed by atoms with Gasteiger partial charge in [-0.3, -0.25) is 4.40 Å². The van der Waals surface area contributed by atoms with Crippen LogP contribution >= 0.6 is 0 Å². The van der Waals surface area contributed by atoms with E-state index >= 15 is 0 Å². The van der Waals surface area contributed by atoms with Gasteiger partial charge in [0.1, 0.15) is 17.2 Å². The van der Waals surface area contributed by atoms with E-state index in [1.165, 1.54) is 0 Å². The van der Waals surface area contributed by atoms with Crippen molar-refractivity contribution >= 4 is 17.2 Å². The SMILES string of the molecule is COc1cc(-c2nc3cccc(C)n3c2Nc2ccccc2C)ccc1O. The van der Waals surface area contributed by atoms with Crippen LogP contribution in [-0.2, 0) is 0 Å². The molecule has 4 aromatic rings. The van der Waals surface area contributed by atoms with Gasteiger partial charge in [-0.15, -0.1) is 0 Å². The number of phenolic OH excluding ortho intramolecular Hbond substituents is 1. The van der Waals surface area contributed by atoms with Crippen LogP contribution in [0.5, 0.6) is 11.5 Å². The van der Waals surface area contributed by atoms with E-state index in [1.807, 2.05) is 36.4 Å². The maximum Gasteiger partial charge on any atom is 0.161 e. The molecule has 2 aromatic heterocycles. The van der Waals surface area contributed by atoms with Crippen LogP contribution in [0, 0.1) is 13.8 Å². The molecule has 0 unspecified atom stereocenters. The average Bonchev–Trinajstić information content (AvgIpc) is 3.04. The topological polar surface area (TPSA) is 58.8 Å². The minimum absolute atomic E-state index is 0.106. The van der Waals surface area contributed by atoms with Crippen LogP contribution in [-0.4, -0.2) is 21.6 Å². The van der Waals surface area contributed by atoms with E-state index in [4.69, 9.17) is 9.72 Å². The molecule has 0 fully saturated rings. The summed E-state index contributed by atoms with van der Waals surface area (Å²) in [7, 11) is 1.54. The quantitative estimate of drug-likeness (QED) is 0.534. The molecule has 0 bridgehead atoms. The van der Waals surface area contributed by atoms with Crippen LogP contribution in [0.4, 0.5) is 11.5 Å². The summed E-state index contributed by atoms with van der Waals surface area (Å²) >= 11 is 0. The molecule has 5 heteroatoms. The van der Waals surface area contributed by atoms with E-state index in [2.05, 4.69) is 35.7 Å². The van der Waals surface area contributed by atoms with Crippen molar-refractivity contribution in [1.82, 2.24) is 9.38 Å². The number of methoxy groups -OCH3 is 1. The third-order valence-electron chi connectivity index (χ3n) is 4.69. The monoisotopic (exact) mass is 359 g/mol. The Morgan fingerprint density at radius 2 is 1.81 bits per heavy atom. The van der Waals surface area contributed by atoms with Crippen molar-refractivity contribution < 1.29 is 9.84 Å². The van der Waals surface area contributed by atoms with Gasteiger partial charge in [0, 0.05) is 16.9 Å². The third-order valence-corrected chi connectivity index (χ3v) is 4.69. The van der Waals surface area contributed by atoms with Crippen molar-refractivity contribution in [3.63, 3.8) is 0 Å². The zero-order valence-corrected chi connectivity index (χ0v) is 15.5. The number of pyridine rings is 1. The number of fused-ring (bicyclic) bond motifs is 1. The number of phenols is 1. The number of imidazole rings is 1. The molecule has 0 saturated heterocycles. The summed E-state index contributed by atoms with van der Waals surface area (Å²) in [5, 5.41) is 13.5. The molecule has 0 saturated carbocycles. The fraction of sp³-hybridized carbons (Fsp3) is 0.136. The number of benzene rings is 2. The van der Waals surface area contributed by atoms with Gasteiger partial charge in [-0.25, -0.2) is 4.98 Å². The molecule has 27 heavy (non-hydrogen) atoms. The highest BCUT2D eigenvalue weighted by Gasteiger charge is 2.17. The molecule has 0 aliphatic carbocycles. The Morgan fingerprint density at radius 3 is 2.59 bits per heavy atom. The lowest BCUT2D eigenvalue weighted by atomic mass is 10.1. The number of nitrogens with zero attached hydrogens (tertiary/aromatic N) is 2. The van der Waals surface area contributed by atoms with Gasteiger partial charge in [-0.05, 0) is 55.8 Å². The van der Waals surface area contributed by atoms with Gasteiger partial charge in [-0.1, -0.05) is 24.3 Å². The lowest BCUT2D eigenvalue weighted by molar-refractivity contribution is 0.373. The van der Waals surface area contributed by atoms with E-state index in [1.54, 1.807) is 19.2 Å². The molecule has 0 amide bonds. The predicted octanol–water partition coefficient (Wildman–Crippen LogP) is 5.08. The number of para-hydroxylation sites is 1. The molecule has 0 aliphatic heterocycles. The molecule has 2 heterocycles. The van der Waals surface area contributed by atoms with E-state index in [0.29, 0.717) is 5.75 Å². The Kier molecular flexibility index (Phi) is 4.20. The summed E-state index contributed by atoms with van der Waals surface area (Å²) in [4.78, 5) is 4.84. The van der Waals surface area contributed by atoms with Crippen LogP contribution in [0.3, 0.4) is 0 Å². The Balaban J connectivity index is 1.95. The summed E-state index contributed by atoms with van der Waals surface area (Å²) < 4.78 is 7.38. The number of anilines is 2. The van der Waals surface area contributed by atoms with Gasteiger partial charge in [0.25, 0.3) is 0 Å². The summed E-state index contributed by atoms with van der Waals surface area (Å²) in [6.07, 6.45) is 0. The summed E-state index contributed by atoms with van der Waals surface area (Å²) in [6.45, 7) is 4.13. The van der Waals surface area contributed by atoms with Crippen molar-refractivity contribution in [3.05, 3.63) is 71.9 Å². The molecule has 5 nitrogen and oxygen atoms in total. The number of aromatic nitrogens is 2. The second-order valence-electron chi connectivity index (χ2n) is 6.50. The van der Waals surface area contributed by atoms with Crippen molar-refractivity contribution in [2.45, 2.75) is 13.8 Å². The maximum atomic E-state index is 9.94. The first-order chi connectivity index (χ1) is 13.1. The molecule has 0 atom stereocenters. The van der Waals surface area contributed by atoms with E-state index in [0.717, 1.165) is 39.7 Å². The van der Waals surface area contributed by atoms with E-state index < -0.39 is 0 Å². The van der Waals surface area contributed by atoms with Gasteiger partial charge in [0.05, 0.1) is 7.11 Å². The standard InChI is InChI=1S/C22H21N3O2/c1-14-7-4-5-9-17(14)23-22-21(16-11-12-18(26)19(13-16)27-3)24-20-10-6-8-15(2)25(20)22/h4-13,23,26H,1-3H3. The first-order valence-corrected chi connectivity index (χ1v) is 8.76. The molecule has 136 valence electrons. The van der Waals surface area contributed by atoms with Crippen molar-refractivity contribution in [2.75, 3.05) is 12.4 Å². The number of aromatic hydroxyl groups is 1. The molecule has 4 rings (SSSR count). The molecular formula is C22H21N3O2. The van der Waals surface area contributed by atoms with Crippen LogP contribution < -0.4 is 10.1 Å². The predicted molar refractivity (Wildman–Crippen MR) is 108 cm³/mol. The highest BCUT2D eigenvalue weighted by molar-refractivity contribution is 5.81. The van der Waals surface area contributed by atoms with Crippen molar-refractivity contribution in [3.8, 4) is 22.8 Å². The second kappa shape index (κ2) is 6.68. The number of nitrogens with one attached hydrogen (secondary N) is 1. The maximum absolute atomic E-state index is 9.94. The van der Waals surface area contributed by atoms with Crippen molar-refractivity contribution in [1.29, 1.82) is 0 Å². The molecule has 0 spiro atoms. The Morgan fingerprint density at radius 1 is 1.00 bits per heavy atom. The Bertz CT molecular complexity index is 1130. The fourth-order valence-corrected chi connectivity index (χ4v) is 3.24. The number of rotatable bonds is 4. The minimum atomic E-state index is 0.106. The third kappa shape index (κ3) is 2.97. The molecule has 0 radical (unpaired) electrons. The first-order valence-electron chi connectivity index (χ1n) is 8.76. The minimum Gasteiger partial charge on any atom is -0.504 e. The molecule has 2 N–H and O–H groups in total. The zero-order valence-electron chi connectivity index (χ0n) is 15.5. The molecule has 2 aromatic carbocycles. The zero-order chi connectivity index (χ0) is 19.0. The Hall–Kier alpha value is -3.47. The number of aryl methyl sites for hydroxylation is 2. The number of hydrogen-bond donors (Lipinski definition) is 2.